The largest absolute Gasteiger partial charge is 0.459 e. The van der Waals surface area contributed by atoms with Gasteiger partial charge in [-0.2, -0.15) is 4.31 Å². The van der Waals surface area contributed by atoms with Crippen molar-refractivity contribution in [2.24, 2.45) is 0 Å². The van der Waals surface area contributed by atoms with Gasteiger partial charge in [-0.25, -0.2) is 8.42 Å². The van der Waals surface area contributed by atoms with Crippen LogP contribution in [-0.4, -0.2) is 31.7 Å². The summed E-state index contributed by atoms with van der Waals surface area (Å²) in [6.07, 6.45) is 4.24. The number of hydrogen-bond donors (Lipinski definition) is 1. The summed E-state index contributed by atoms with van der Waals surface area (Å²) >= 11 is 0. The molecule has 3 rings (SSSR count). The van der Waals surface area contributed by atoms with Gasteiger partial charge in [-0.15, -0.1) is 0 Å². The lowest BCUT2D eigenvalue weighted by Gasteiger charge is -2.26. The van der Waals surface area contributed by atoms with E-state index < -0.39 is 15.9 Å². The third kappa shape index (κ3) is 3.37. The number of nitrogens with zero attached hydrogens (tertiary/aromatic N) is 1. The molecule has 1 N–H and O–H groups in total. The molecule has 0 spiro atoms. The molecule has 0 radical (unpaired) electrons. The van der Waals surface area contributed by atoms with E-state index in [0.29, 0.717) is 24.3 Å². The molecule has 7 heteroatoms. The van der Waals surface area contributed by atoms with Crippen molar-refractivity contribution < 1.29 is 17.6 Å². The smallest absolute Gasteiger partial charge is 0.291 e. The molecule has 1 fully saturated rings. The van der Waals surface area contributed by atoms with E-state index in [1.165, 1.54) is 16.6 Å². The van der Waals surface area contributed by atoms with Crippen LogP contribution in [0.2, 0.25) is 0 Å². The lowest BCUT2D eigenvalue weighted by atomic mass is 10.2. The second kappa shape index (κ2) is 6.78. The Morgan fingerprint density at radius 1 is 1.17 bits per heavy atom. The zero-order valence-electron chi connectivity index (χ0n) is 13.5. The first-order valence-corrected chi connectivity index (χ1v) is 9.38. The molecule has 0 aliphatic carbocycles. The van der Waals surface area contributed by atoms with E-state index >= 15 is 0 Å². The van der Waals surface area contributed by atoms with Gasteiger partial charge in [0, 0.05) is 18.8 Å². The fourth-order valence-corrected chi connectivity index (χ4v) is 4.57. The number of rotatable bonds is 4. The average Bonchev–Trinajstić information content (AvgIpc) is 3.12. The van der Waals surface area contributed by atoms with Crippen LogP contribution in [0.3, 0.4) is 0 Å². The number of hydrogen-bond acceptors (Lipinski definition) is 4. The van der Waals surface area contributed by atoms with Gasteiger partial charge in [0.25, 0.3) is 5.91 Å². The highest BCUT2D eigenvalue weighted by molar-refractivity contribution is 7.89. The SMILES string of the molecule is Cc1ccc(NC(=O)c2ccco2)cc1S(=O)(=O)N1CCCCC1. The minimum atomic E-state index is -3.55. The summed E-state index contributed by atoms with van der Waals surface area (Å²) in [5.41, 5.74) is 1.09. The normalized spacial score (nSPS) is 16.0. The zero-order valence-corrected chi connectivity index (χ0v) is 14.3. The van der Waals surface area contributed by atoms with Crippen LogP contribution in [-0.2, 0) is 10.0 Å². The van der Waals surface area contributed by atoms with Crippen LogP contribution in [0.4, 0.5) is 5.69 Å². The quantitative estimate of drug-likeness (QED) is 0.921. The Hall–Kier alpha value is -2.12. The second-order valence-corrected chi connectivity index (χ2v) is 7.78. The maximum atomic E-state index is 12.9. The minimum Gasteiger partial charge on any atom is -0.459 e. The van der Waals surface area contributed by atoms with E-state index in [0.717, 1.165) is 19.3 Å². The molecule has 0 atom stereocenters. The summed E-state index contributed by atoms with van der Waals surface area (Å²) in [4.78, 5) is 12.3. The standard InChI is InChI=1S/C17H20N2O4S/c1-13-7-8-14(18-17(20)15-6-5-11-23-15)12-16(13)24(21,22)19-9-3-2-4-10-19/h5-8,11-12H,2-4,9-10H2,1H3,(H,18,20). The van der Waals surface area contributed by atoms with Gasteiger partial charge >= 0.3 is 0 Å². The van der Waals surface area contributed by atoms with Gasteiger partial charge in [0.15, 0.2) is 5.76 Å². The third-order valence-corrected chi connectivity index (χ3v) is 6.16. The monoisotopic (exact) mass is 348 g/mol. The van der Waals surface area contributed by atoms with Crippen molar-refractivity contribution in [3.8, 4) is 0 Å². The van der Waals surface area contributed by atoms with Crippen LogP contribution >= 0.6 is 0 Å². The summed E-state index contributed by atoms with van der Waals surface area (Å²) in [7, 11) is -3.55. The van der Waals surface area contributed by atoms with Gasteiger partial charge in [-0.05, 0) is 49.6 Å². The molecule has 0 unspecified atom stereocenters. The van der Waals surface area contributed by atoms with Crippen LogP contribution in [0.5, 0.6) is 0 Å². The summed E-state index contributed by atoms with van der Waals surface area (Å²) < 4.78 is 32.3. The Labute approximate surface area is 141 Å². The van der Waals surface area contributed by atoms with Gasteiger partial charge < -0.3 is 9.73 Å². The number of nitrogens with one attached hydrogen (secondary N) is 1. The lowest BCUT2D eigenvalue weighted by Crippen LogP contribution is -2.36. The van der Waals surface area contributed by atoms with E-state index in [4.69, 9.17) is 4.42 Å². The molecule has 1 aliphatic heterocycles. The van der Waals surface area contributed by atoms with Gasteiger partial charge in [-0.1, -0.05) is 12.5 Å². The number of aryl methyl sites for hydroxylation is 1. The number of carbonyl (C=O) groups excluding carboxylic acids is 1. The van der Waals surface area contributed by atoms with Gasteiger partial charge in [0.1, 0.15) is 0 Å². The van der Waals surface area contributed by atoms with Crippen LogP contribution in [0.15, 0.2) is 45.9 Å². The minimum absolute atomic E-state index is 0.177. The molecule has 2 heterocycles. The highest BCUT2D eigenvalue weighted by atomic mass is 32.2. The number of piperidine rings is 1. The molecule has 24 heavy (non-hydrogen) atoms. The maximum Gasteiger partial charge on any atom is 0.291 e. The summed E-state index contributed by atoms with van der Waals surface area (Å²) in [6, 6.07) is 8.07. The van der Waals surface area contributed by atoms with Gasteiger partial charge in [0.2, 0.25) is 10.0 Å². The summed E-state index contributed by atoms with van der Waals surface area (Å²) in [6.45, 7) is 2.85. The number of sulfonamides is 1. The van der Waals surface area contributed by atoms with Crippen molar-refractivity contribution in [3.63, 3.8) is 0 Å². The molecule has 0 bridgehead atoms. The molecule has 1 aromatic heterocycles. The van der Waals surface area contributed by atoms with Crippen LogP contribution in [0.1, 0.15) is 35.4 Å². The number of anilines is 1. The van der Waals surface area contributed by atoms with Crippen molar-refractivity contribution in [1.82, 2.24) is 4.31 Å². The number of amides is 1. The molecule has 1 saturated heterocycles. The Balaban J connectivity index is 1.87. The van der Waals surface area contributed by atoms with Crippen molar-refractivity contribution in [2.75, 3.05) is 18.4 Å². The molecule has 6 nitrogen and oxygen atoms in total. The highest BCUT2D eigenvalue weighted by Crippen LogP contribution is 2.26. The topological polar surface area (TPSA) is 79.6 Å². The Morgan fingerprint density at radius 3 is 2.58 bits per heavy atom. The summed E-state index contributed by atoms with van der Waals surface area (Å²) in [5.74, 6) is -0.235. The maximum absolute atomic E-state index is 12.9. The first-order valence-electron chi connectivity index (χ1n) is 7.94. The van der Waals surface area contributed by atoms with E-state index in [1.54, 1.807) is 31.2 Å². The first-order chi connectivity index (χ1) is 11.5. The van der Waals surface area contributed by atoms with Crippen LogP contribution < -0.4 is 5.32 Å². The fraction of sp³-hybridized carbons (Fsp3) is 0.353. The zero-order chi connectivity index (χ0) is 17.2. The predicted molar refractivity (Wildman–Crippen MR) is 90.5 cm³/mol. The molecule has 1 aliphatic rings. The van der Waals surface area contributed by atoms with Crippen molar-refractivity contribution in [1.29, 1.82) is 0 Å². The molecular weight excluding hydrogens is 328 g/mol. The average molecular weight is 348 g/mol. The van der Waals surface area contributed by atoms with E-state index in [1.807, 2.05) is 0 Å². The van der Waals surface area contributed by atoms with Gasteiger partial charge in [-0.3, -0.25) is 4.79 Å². The number of furan rings is 1. The molecule has 2 aromatic rings. The Bertz CT molecular complexity index is 822. The van der Waals surface area contributed by atoms with E-state index in [-0.39, 0.29) is 10.7 Å². The second-order valence-electron chi connectivity index (χ2n) is 5.88. The first kappa shape index (κ1) is 16.7. The highest BCUT2D eigenvalue weighted by Gasteiger charge is 2.27. The van der Waals surface area contributed by atoms with Gasteiger partial charge in [0.05, 0.1) is 11.2 Å². The van der Waals surface area contributed by atoms with E-state index in [2.05, 4.69) is 5.32 Å². The van der Waals surface area contributed by atoms with Crippen molar-refractivity contribution in [3.05, 3.63) is 47.9 Å². The number of benzene rings is 1. The van der Waals surface area contributed by atoms with Crippen molar-refractivity contribution in [2.45, 2.75) is 31.1 Å². The van der Waals surface area contributed by atoms with E-state index in [9.17, 15) is 13.2 Å². The molecule has 1 aromatic carbocycles. The Morgan fingerprint density at radius 2 is 1.92 bits per heavy atom. The molecular formula is C17H20N2O4S. The molecule has 128 valence electrons. The summed E-state index contributed by atoms with van der Waals surface area (Å²) in [5, 5.41) is 2.67. The van der Waals surface area contributed by atoms with Crippen LogP contribution in [0.25, 0.3) is 0 Å². The molecule has 1 amide bonds. The lowest BCUT2D eigenvalue weighted by molar-refractivity contribution is 0.0996. The fourth-order valence-electron chi connectivity index (χ4n) is 2.80. The van der Waals surface area contributed by atoms with Crippen LogP contribution in [0, 0.1) is 6.92 Å². The Kier molecular flexibility index (Phi) is 4.73. The predicted octanol–water partition coefficient (Wildman–Crippen LogP) is 3.01. The van der Waals surface area contributed by atoms with Crippen molar-refractivity contribution >= 4 is 21.6 Å². The number of carbonyl (C=O) groups is 1. The third-order valence-electron chi connectivity index (χ3n) is 4.12. The molecule has 0 saturated carbocycles.